The van der Waals surface area contributed by atoms with E-state index in [1.807, 2.05) is 26.0 Å². The van der Waals surface area contributed by atoms with Crippen molar-refractivity contribution in [3.63, 3.8) is 0 Å². The topological polar surface area (TPSA) is 113 Å². The van der Waals surface area contributed by atoms with Crippen LogP contribution in [0.1, 0.15) is 47.5 Å². The number of aromatic nitrogens is 1. The second kappa shape index (κ2) is 10.5. The molecule has 1 aromatic heterocycles. The van der Waals surface area contributed by atoms with E-state index in [-0.39, 0.29) is 11.8 Å². The van der Waals surface area contributed by atoms with Gasteiger partial charge < -0.3 is 14.8 Å². The Morgan fingerprint density at radius 1 is 1.21 bits per heavy atom. The van der Waals surface area contributed by atoms with Gasteiger partial charge in [0.2, 0.25) is 0 Å². The van der Waals surface area contributed by atoms with Crippen LogP contribution in [-0.2, 0) is 9.53 Å². The molecule has 2 atom stereocenters. The third kappa shape index (κ3) is 6.07. The third-order valence-corrected chi connectivity index (χ3v) is 6.41. The van der Waals surface area contributed by atoms with Crippen molar-refractivity contribution >= 4 is 44.7 Å². The van der Waals surface area contributed by atoms with E-state index in [1.54, 1.807) is 33.9 Å². The number of hydrogen-bond acceptors (Lipinski definition) is 7. The van der Waals surface area contributed by atoms with Crippen LogP contribution in [0.3, 0.4) is 0 Å². The number of urea groups is 1. The van der Waals surface area contributed by atoms with Crippen LogP contribution in [-0.4, -0.2) is 64.9 Å². The summed E-state index contributed by atoms with van der Waals surface area (Å²) in [4.78, 5) is 43.3. The molecule has 4 amide bonds. The fraction of sp³-hybridized carbons (Fsp3) is 0.565. The van der Waals surface area contributed by atoms with Gasteiger partial charge in [-0.15, -0.1) is 0 Å². The standard InChI is InChI=1S/C23H33N5O5S/c1-7-14(2)18(25-22(31)33-23(3,4)5)19(29)27-11-8-12-28(27)21(30)26-20-24-16-10-9-15(32-6)13-17(16)34-20/h9-10,13-14,18H,7-8,11-12H2,1-6H3,(H,25,31)(H,24,26,30). The number of thiazole rings is 1. The fourth-order valence-corrected chi connectivity index (χ4v) is 4.46. The molecule has 11 heteroatoms. The minimum atomic E-state index is -0.817. The Balaban J connectivity index is 1.73. The molecule has 10 nitrogen and oxygen atoms in total. The van der Waals surface area contributed by atoms with Crippen LogP contribution < -0.4 is 15.4 Å². The highest BCUT2D eigenvalue weighted by Crippen LogP contribution is 2.29. The van der Waals surface area contributed by atoms with Crippen molar-refractivity contribution < 1.29 is 23.9 Å². The lowest BCUT2D eigenvalue weighted by Crippen LogP contribution is -2.56. The molecule has 2 heterocycles. The second-order valence-corrected chi connectivity index (χ2v) is 10.3. The van der Waals surface area contributed by atoms with Crippen LogP contribution in [0, 0.1) is 5.92 Å². The Morgan fingerprint density at radius 3 is 2.56 bits per heavy atom. The van der Waals surface area contributed by atoms with Gasteiger partial charge in [-0.25, -0.2) is 24.6 Å². The average Bonchev–Trinajstić information content (AvgIpc) is 3.41. The lowest BCUT2D eigenvalue weighted by molar-refractivity contribution is -0.143. The number of methoxy groups -OCH3 is 1. The van der Waals surface area contributed by atoms with E-state index < -0.39 is 23.8 Å². The van der Waals surface area contributed by atoms with Crippen LogP contribution in [0.2, 0.25) is 0 Å². The number of nitrogens with one attached hydrogen (secondary N) is 2. The minimum Gasteiger partial charge on any atom is -0.497 e. The number of hydrogen-bond donors (Lipinski definition) is 2. The Morgan fingerprint density at radius 2 is 1.91 bits per heavy atom. The van der Waals surface area contributed by atoms with Gasteiger partial charge in [0.25, 0.3) is 5.91 Å². The molecule has 0 saturated carbocycles. The van der Waals surface area contributed by atoms with Crippen molar-refractivity contribution in [1.82, 2.24) is 20.3 Å². The zero-order valence-corrected chi connectivity index (χ0v) is 21.3. The van der Waals surface area contributed by atoms with Gasteiger partial charge in [-0.05, 0) is 51.3 Å². The van der Waals surface area contributed by atoms with Crippen molar-refractivity contribution in [3.8, 4) is 5.75 Å². The van der Waals surface area contributed by atoms with E-state index >= 15 is 0 Å². The van der Waals surface area contributed by atoms with Crippen molar-refractivity contribution in [2.75, 3.05) is 25.5 Å². The van der Waals surface area contributed by atoms with Crippen molar-refractivity contribution in [1.29, 1.82) is 0 Å². The normalized spacial score (nSPS) is 15.7. The van der Waals surface area contributed by atoms with Gasteiger partial charge >= 0.3 is 12.1 Å². The molecule has 34 heavy (non-hydrogen) atoms. The molecular weight excluding hydrogens is 458 g/mol. The highest BCUT2D eigenvalue weighted by atomic mass is 32.1. The number of fused-ring (bicyclic) bond motifs is 1. The summed E-state index contributed by atoms with van der Waals surface area (Å²) in [5, 5.41) is 8.71. The van der Waals surface area contributed by atoms with Gasteiger partial charge in [0.1, 0.15) is 17.4 Å². The third-order valence-electron chi connectivity index (χ3n) is 5.48. The summed E-state index contributed by atoms with van der Waals surface area (Å²) in [6.07, 6.45) is 0.642. The number of ether oxygens (including phenoxy) is 2. The van der Waals surface area contributed by atoms with Gasteiger partial charge in [0, 0.05) is 13.1 Å². The van der Waals surface area contributed by atoms with Gasteiger partial charge in [-0.3, -0.25) is 10.1 Å². The Kier molecular flexibility index (Phi) is 7.86. The predicted molar refractivity (Wildman–Crippen MR) is 131 cm³/mol. The number of anilines is 1. The summed E-state index contributed by atoms with van der Waals surface area (Å²) in [6.45, 7) is 9.88. The summed E-state index contributed by atoms with van der Waals surface area (Å²) in [7, 11) is 1.59. The second-order valence-electron chi connectivity index (χ2n) is 9.23. The summed E-state index contributed by atoms with van der Waals surface area (Å²) in [5.74, 6) is 0.214. The van der Waals surface area contributed by atoms with Crippen molar-refractivity contribution in [2.24, 2.45) is 5.92 Å². The summed E-state index contributed by atoms with van der Waals surface area (Å²) in [6, 6.07) is 4.22. The number of benzene rings is 1. The van der Waals surface area contributed by atoms with Crippen LogP contribution in [0.25, 0.3) is 10.2 Å². The Labute approximate surface area is 203 Å². The van der Waals surface area contributed by atoms with E-state index in [0.29, 0.717) is 36.8 Å². The summed E-state index contributed by atoms with van der Waals surface area (Å²) >= 11 is 1.33. The van der Waals surface area contributed by atoms with E-state index in [4.69, 9.17) is 9.47 Å². The number of hydrazine groups is 1. The first-order valence-electron chi connectivity index (χ1n) is 11.4. The maximum absolute atomic E-state index is 13.4. The highest BCUT2D eigenvalue weighted by molar-refractivity contribution is 7.22. The number of rotatable bonds is 6. The molecule has 2 aromatic rings. The van der Waals surface area contributed by atoms with Gasteiger partial charge in [0.15, 0.2) is 5.13 Å². The molecule has 1 aliphatic heterocycles. The first-order chi connectivity index (χ1) is 16.0. The summed E-state index contributed by atoms with van der Waals surface area (Å²) in [5.41, 5.74) is 0.0578. The molecule has 2 N–H and O–H groups in total. The number of amides is 4. The maximum Gasteiger partial charge on any atom is 0.408 e. The first kappa shape index (κ1) is 25.5. The van der Waals surface area contributed by atoms with Gasteiger partial charge in [-0.2, -0.15) is 0 Å². The van der Waals surface area contributed by atoms with Gasteiger partial charge in [-0.1, -0.05) is 31.6 Å². The smallest absolute Gasteiger partial charge is 0.408 e. The maximum atomic E-state index is 13.4. The molecule has 0 bridgehead atoms. The number of carbonyl (C=O) groups excluding carboxylic acids is 3. The Hall–Kier alpha value is -3.08. The molecule has 2 unspecified atom stereocenters. The molecule has 1 saturated heterocycles. The SMILES string of the molecule is CCC(C)C(NC(=O)OC(C)(C)C)C(=O)N1CCCN1C(=O)Nc1nc2ccc(OC)cc2s1. The predicted octanol–water partition coefficient (Wildman–Crippen LogP) is 4.23. The van der Waals surface area contributed by atoms with E-state index in [2.05, 4.69) is 15.6 Å². The first-order valence-corrected chi connectivity index (χ1v) is 12.2. The Bertz CT molecular complexity index is 1050. The van der Waals surface area contributed by atoms with Crippen LogP contribution in [0.5, 0.6) is 5.75 Å². The van der Waals surface area contributed by atoms with Crippen LogP contribution in [0.15, 0.2) is 18.2 Å². The van der Waals surface area contributed by atoms with Crippen molar-refractivity contribution in [2.45, 2.75) is 59.1 Å². The highest BCUT2D eigenvalue weighted by Gasteiger charge is 2.38. The molecule has 1 aliphatic rings. The zero-order chi connectivity index (χ0) is 25.0. The molecule has 0 spiro atoms. The molecule has 1 fully saturated rings. The van der Waals surface area contributed by atoms with Crippen molar-refractivity contribution in [3.05, 3.63) is 18.2 Å². The number of nitrogens with zero attached hydrogens (tertiary/aromatic N) is 3. The lowest BCUT2D eigenvalue weighted by Gasteiger charge is -2.33. The quantitative estimate of drug-likeness (QED) is 0.625. The van der Waals surface area contributed by atoms with Gasteiger partial charge in [0.05, 0.1) is 17.3 Å². The van der Waals surface area contributed by atoms with Crippen LogP contribution >= 0.6 is 11.3 Å². The number of alkyl carbamates (subject to hydrolysis) is 1. The molecule has 0 aliphatic carbocycles. The molecule has 1 aromatic carbocycles. The average molecular weight is 492 g/mol. The molecule has 0 radical (unpaired) electrons. The molecule has 3 rings (SSSR count). The minimum absolute atomic E-state index is 0.148. The van der Waals surface area contributed by atoms with Crippen LogP contribution in [0.4, 0.5) is 14.7 Å². The zero-order valence-electron chi connectivity index (χ0n) is 20.5. The lowest BCUT2D eigenvalue weighted by atomic mass is 9.98. The van der Waals surface area contributed by atoms with E-state index in [9.17, 15) is 14.4 Å². The molecular formula is C23H33N5O5S. The molecule has 186 valence electrons. The largest absolute Gasteiger partial charge is 0.497 e. The van der Waals surface area contributed by atoms with E-state index in [1.165, 1.54) is 21.4 Å². The van der Waals surface area contributed by atoms with E-state index in [0.717, 1.165) is 10.2 Å². The summed E-state index contributed by atoms with van der Waals surface area (Å²) < 4.78 is 11.5. The number of carbonyl (C=O) groups is 3. The fourth-order valence-electron chi connectivity index (χ4n) is 3.57. The monoisotopic (exact) mass is 491 g/mol.